The van der Waals surface area contributed by atoms with Crippen LogP contribution in [-0.4, -0.2) is 22.1 Å². The lowest BCUT2D eigenvalue weighted by Crippen LogP contribution is -2.32. The molecule has 4 heteroatoms. The highest BCUT2D eigenvalue weighted by atomic mass is 79.9. The molecule has 1 atom stereocenters. The SMILES string of the molecule is Cc1cc2ncn(CC#C[C@@H]3CCCCN3)c2cc1Br. The summed E-state index contributed by atoms with van der Waals surface area (Å²) in [6.45, 7) is 3.88. The lowest BCUT2D eigenvalue weighted by Gasteiger charge is -2.17. The molecule has 2 aromatic rings. The lowest BCUT2D eigenvalue weighted by molar-refractivity contribution is 0.463. The highest BCUT2D eigenvalue weighted by molar-refractivity contribution is 9.10. The van der Waals surface area contributed by atoms with Crippen molar-refractivity contribution in [3.63, 3.8) is 0 Å². The Hall–Kier alpha value is -1.31. The molecule has 0 aliphatic carbocycles. The Morgan fingerprint density at radius 2 is 2.35 bits per heavy atom. The number of benzene rings is 1. The second-order valence-electron chi connectivity index (χ2n) is 5.29. The molecule has 3 rings (SSSR count). The number of aryl methyl sites for hydroxylation is 1. The predicted octanol–water partition coefficient (Wildman–Crippen LogP) is 3.25. The Bertz CT molecular complexity index is 672. The normalized spacial score (nSPS) is 18.8. The van der Waals surface area contributed by atoms with Crippen LogP contribution >= 0.6 is 15.9 Å². The summed E-state index contributed by atoms with van der Waals surface area (Å²) in [6.07, 6.45) is 5.60. The van der Waals surface area contributed by atoms with Gasteiger partial charge in [0.15, 0.2) is 0 Å². The van der Waals surface area contributed by atoms with Crippen LogP contribution in [0.4, 0.5) is 0 Å². The third-order valence-corrected chi connectivity index (χ3v) is 4.59. The van der Waals surface area contributed by atoms with Gasteiger partial charge in [0.05, 0.1) is 29.9 Å². The smallest absolute Gasteiger partial charge is 0.0966 e. The number of rotatable bonds is 1. The van der Waals surface area contributed by atoms with Crippen molar-refractivity contribution in [2.45, 2.75) is 38.8 Å². The van der Waals surface area contributed by atoms with Gasteiger partial charge in [-0.2, -0.15) is 0 Å². The lowest BCUT2D eigenvalue weighted by atomic mass is 10.1. The number of hydrogen-bond donors (Lipinski definition) is 1. The van der Waals surface area contributed by atoms with E-state index in [0.29, 0.717) is 12.6 Å². The molecule has 104 valence electrons. The molecule has 1 fully saturated rings. The number of nitrogens with zero attached hydrogens (tertiary/aromatic N) is 2. The Morgan fingerprint density at radius 3 is 3.15 bits per heavy atom. The summed E-state index contributed by atoms with van der Waals surface area (Å²) in [7, 11) is 0. The molecule has 3 nitrogen and oxygen atoms in total. The molecule has 1 aromatic carbocycles. The van der Waals surface area contributed by atoms with Crippen LogP contribution in [-0.2, 0) is 6.54 Å². The van der Waals surface area contributed by atoms with E-state index in [1.807, 2.05) is 6.33 Å². The maximum atomic E-state index is 4.44. The zero-order valence-electron chi connectivity index (χ0n) is 11.6. The van der Waals surface area contributed by atoms with Crippen LogP contribution < -0.4 is 5.32 Å². The van der Waals surface area contributed by atoms with Crippen LogP contribution in [0.5, 0.6) is 0 Å². The zero-order chi connectivity index (χ0) is 13.9. The Labute approximate surface area is 127 Å². The molecule has 0 unspecified atom stereocenters. The van der Waals surface area contributed by atoms with Gasteiger partial charge < -0.3 is 9.88 Å². The van der Waals surface area contributed by atoms with Crippen molar-refractivity contribution in [3.05, 3.63) is 28.5 Å². The average Bonchev–Trinajstić information content (AvgIpc) is 2.83. The fourth-order valence-electron chi connectivity index (χ4n) is 2.54. The molecular formula is C16H18BrN3. The third-order valence-electron chi connectivity index (χ3n) is 3.74. The molecule has 1 aliphatic rings. The molecule has 0 amide bonds. The molecule has 0 radical (unpaired) electrons. The summed E-state index contributed by atoms with van der Waals surface area (Å²) in [6, 6.07) is 4.59. The first-order chi connectivity index (χ1) is 9.74. The van der Waals surface area contributed by atoms with E-state index in [1.165, 1.54) is 24.8 Å². The number of piperidine rings is 1. The minimum Gasteiger partial charge on any atom is -0.319 e. The van der Waals surface area contributed by atoms with Gasteiger partial charge in [0.1, 0.15) is 0 Å². The monoisotopic (exact) mass is 331 g/mol. The number of aromatic nitrogens is 2. The van der Waals surface area contributed by atoms with E-state index in [0.717, 1.165) is 22.1 Å². The van der Waals surface area contributed by atoms with Gasteiger partial charge in [-0.25, -0.2) is 4.98 Å². The molecule has 1 aromatic heterocycles. The van der Waals surface area contributed by atoms with Crippen LogP contribution in [0.25, 0.3) is 11.0 Å². The first-order valence-electron chi connectivity index (χ1n) is 7.07. The number of fused-ring (bicyclic) bond motifs is 1. The van der Waals surface area contributed by atoms with Crippen molar-refractivity contribution in [2.24, 2.45) is 0 Å². The fraction of sp³-hybridized carbons (Fsp3) is 0.438. The standard InChI is InChI=1S/C16H18BrN3/c1-12-9-15-16(10-14(12)17)20(11-19-15)8-4-6-13-5-2-3-7-18-13/h9-11,13,18H,2-3,5,7-8H2,1H3/t13-/m0/s1. The topological polar surface area (TPSA) is 29.9 Å². The van der Waals surface area contributed by atoms with Gasteiger partial charge >= 0.3 is 0 Å². The van der Waals surface area contributed by atoms with E-state index in [1.54, 1.807) is 0 Å². The number of halogens is 1. The van der Waals surface area contributed by atoms with Gasteiger partial charge in [-0.05, 0) is 50.4 Å². The molecule has 0 bridgehead atoms. The van der Waals surface area contributed by atoms with Gasteiger partial charge in [0.2, 0.25) is 0 Å². The highest BCUT2D eigenvalue weighted by Crippen LogP contribution is 2.23. The number of nitrogens with one attached hydrogen (secondary N) is 1. The van der Waals surface area contributed by atoms with Gasteiger partial charge in [-0.1, -0.05) is 27.8 Å². The maximum Gasteiger partial charge on any atom is 0.0966 e. The first kappa shape index (κ1) is 13.7. The van der Waals surface area contributed by atoms with Gasteiger partial charge in [-0.15, -0.1) is 0 Å². The van der Waals surface area contributed by atoms with Gasteiger partial charge in [0.25, 0.3) is 0 Å². The van der Waals surface area contributed by atoms with E-state index in [4.69, 9.17) is 0 Å². The van der Waals surface area contributed by atoms with Crippen molar-refractivity contribution in [1.82, 2.24) is 14.9 Å². The van der Waals surface area contributed by atoms with E-state index >= 15 is 0 Å². The predicted molar refractivity (Wildman–Crippen MR) is 85.6 cm³/mol. The van der Waals surface area contributed by atoms with E-state index in [-0.39, 0.29) is 0 Å². The fourth-order valence-corrected chi connectivity index (χ4v) is 2.87. The molecule has 1 aliphatic heterocycles. The molecule has 0 spiro atoms. The van der Waals surface area contributed by atoms with E-state index < -0.39 is 0 Å². The average molecular weight is 332 g/mol. The van der Waals surface area contributed by atoms with E-state index in [9.17, 15) is 0 Å². The highest BCUT2D eigenvalue weighted by Gasteiger charge is 2.08. The molecule has 1 saturated heterocycles. The summed E-state index contributed by atoms with van der Waals surface area (Å²) in [5.74, 6) is 6.61. The molecule has 0 saturated carbocycles. The van der Waals surface area contributed by atoms with Gasteiger partial charge in [-0.3, -0.25) is 0 Å². The molecular weight excluding hydrogens is 314 g/mol. The second-order valence-corrected chi connectivity index (χ2v) is 6.14. The van der Waals surface area contributed by atoms with Crippen LogP contribution in [0.2, 0.25) is 0 Å². The van der Waals surface area contributed by atoms with Crippen molar-refractivity contribution in [1.29, 1.82) is 0 Å². The number of hydrogen-bond acceptors (Lipinski definition) is 2. The summed E-state index contributed by atoms with van der Waals surface area (Å²) < 4.78 is 3.23. The van der Waals surface area contributed by atoms with Crippen LogP contribution in [0.3, 0.4) is 0 Å². The van der Waals surface area contributed by atoms with E-state index in [2.05, 4.69) is 61.7 Å². The van der Waals surface area contributed by atoms with Crippen LogP contribution in [0.1, 0.15) is 24.8 Å². The minimum atomic E-state index is 0.368. The minimum absolute atomic E-state index is 0.368. The molecule has 1 N–H and O–H groups in total. The largest absolute Gasteiger partial charge is 0.319 e. The van der Waals surface area contributed by atoms with Crippen molar-refractivity contribution in [2.75, 3.05) is 6.54 Å². The van der Waals surface area contributed by atoms with Crippen LogP contribution in [0.15, 0.2) is 22.9 Å². The quantitative estimate of drug-likeness (QED) is 0.813. The summed E-state index contributed by atoms with van der Waals surface area (Å²) in [5.41, 5.74) is 3.37. The molecule has 20 heavy (non-hydrogen) atoms. The van der Waals surface area contributed by atoms with Crippen molar-refractivity contribution >= 4 is 27.0 Å². The zero-order valence-corrected chi connectivity index (χ0v) is 13.2. The van der Waals surface area contributed by atoms with Crippen LogP contribution in [0, 0.1) is 18.8 Å². The summed E-state index contributed by atoms with van der Waals surface area (Å²) in [4.78, 5) is 4.44. The molecule has 2 heterocycles. The number of imidazole rings is 1. The Kier molecular flexibility index (Phi) is 4.09. The Balaban J connectivity index is 1.77. The third kappa shape index (κ3) is 2.89. The second kappa shape index (κ2) is 5.99. The van der Waals surface area contributed by atoms with Gasteiger partial charge in [0, 0.05) is 4.47 Å². The van der Waals surface area contributed by atoms with Crippen molar-refractivity contribution < 1.29 is 0 Å². The maximum absolute atomic E-state index is 4.44. The summed E-state index contributed by atoms with van der Waals surface area (Å²) in [5, 5.41) is 3.45. The first-order valence-corrected chi connectivity index (χ1v) is 7.86. The summed E-state index contributed by atoms with van der Waals surface area (Å²) >= 11 is 3.58. The Morgan fingerprint density at radius 1 is 1.45 bits per heavy atom. The van der Waals surface area contributed by atoms with Crippen molar-refractivity contribution in [3.8, 4) is 11.8 Å².